The third-order valence-electron chi connectivity index (χ3n) is 2.50. The number of ketones is 1. The molecule has 1 N–H and O–H groups in total. The standard InChI is InChI=1S/C11H23NO/c1-7-11(8-2,9(3)13)12-10(4,5)6/h12H,7-8H2,1-6H3. The Hall–Kier alpha value is -0.370. The van der Waals surface area contributed by atoms with E-state index in [4.69, 9.17) is 0 Å². The number of nitrogens with one attached hydrogen (secondary N) is 1. The van der Waals surface area contributed by atoms with Gasteiger partial charge in [0, 0.05) is 5.54 Å². The minimum atomic E-state index is -0.321. The predicted octanol–water partition coefficient (Wildman–Crippen LogP) is 2.52. The molecule has 0 saturated heterocycles. The number of rotatable bonds is 4. The van der Waals surface area contributed by atoms with E-state index >= 15 is 0 Å². The van der Waals surface area contributed by atoms with E-state index in [1.165, 1.54) is 0 Å². The van der Waals surface area contributed by atoms with Crippen LogP contribution in [-0.4, -0.2) is 16.9 Å². The summed E-state index contributed by atoms with van der Waals surface area (Å²) in [5, 5.41) is 3.42. The minimum Gasteiger partial charge on any atom is -0.300 e. The van der Waals surface area contributed by atoms with Crippen molar-refractivity contribution in [3.8, 4) is 0 Å². The zero-order valence-corrected chi connectivity index (χ0v) is 9.82. The molecule has 0 aromatic rings. The summed E-state index contributed by atoms with van der Waals surface area (Å²) in [6.45, 7) is 12.1. The van der Waals surface area contributed by atoms with Crippen LogP contribution in [0, 0.1) is 0 Å². The quantitative estimate of drug-likeness (QED) is 0.729. The van der Waals surface area contributed by atoms with Crippen LogP contribution in [0.15, 0.2) is 0 Å². The molecule has 0 heterocycles. The maximum Gasteiger partial charge on any atom is 0.149 e. The van der Waals surface area contributed by atoms with Crippen LogP contribution in [-0.2, 0) is 4.79 Å². The van der Waals surface area contributed by atoms with Gasteiger partial charge in [-0.1, -0.05) is 13.8 Å². The molecule has 0 aromatic carbocycles. The summed E-state index contributed by atoms with van der Waals surface area (Å²) in [4.78, 5) is 11.5. The first-order valence-corrected chi connectivity index (χ1v) is 5.08. The van der Waals surface area contributed by atoms with Gasteiger partial charge in [-0.25, -0.2) is 0 Å². The highest BCUT2D eigenvalue weighted by Crippen LogP contribution is 2.20. The molecule has 0 unspecified atom stereocenters. The Kier molecular flexibility index (Phi) is 4.11. The van der Waals surface area contributed by atoms with E-state index in [1.807, 2.05) is 0 Å². The summed E-state index contributed by atoms with van der Waals surface area (Å²) >= 11 is 0. The molecule has 0 radical (unpaired) electrons. The molecular weight excluding hydrogens is 162 g/mol. The largest absolute Gasteiger partial charge is 0.300 e. The minimum absolute atomic E-state index is 0.00229. The van der Waals surface area contributed by atoms with Crippen molar-refractivity contribution in [2.24, 2.45) is 0 Å². The Balaban J connectivity index is 4.69. The molecule has 0 aliphatic carbocycles. The van der Waals surface area contributed by atoms with Crippen LogP contribution in [0.4, 0.5) is 0 Å². The molecule has 13 heavy (non-hydrogen) atoms. The lowest BCUT2D eigenvalue weighted by Crippen LogP contribution is -2.57. The zero-order valence-electron chi connectivity index (χ0n) is 9.82. The SMILES string of the molecule is CCC(CC)(NC(C)(C)C)C(C)=O. The monoisotopic (exact) mass is 185 g/mol. The second-order valence-corrected chi connectivity index (χ2v) is 4.72. The molecule has 0 amide bonds. The van der Waals surface area contributed by atoms with Crippen LogP contribution in [0.25, 0.3) is 0 Å². The van der Waals surface area contributed by atoms with Crippen molar-refractivity contribution >= 4 is 5.78 Å². The van der Waals surface area contributed by atoms with E-state index in [1.54, 1.807) is 6.92 Å². The smallest absolute Gasteiger partial charge is 0.149 e. The topological polar surface area (TPSA) is 29.1 Å². The van der Waals surface area contributed by atoms with Gasteiger partial charge in [-0.3, -0.25) is 4.79 Å². The molecule has 0 aliphatic heterocycles. The molecule has 0 bridgehead atoms. The van der Waals surface area contributed by atoms with Gasteiger partial charge in [0.15, 0.2) is 0 Å². The van der Waals surface area contributed by atoms with Gasteiger partial charge in [0.05, 0.1) is 5.54 Å². The van der Waals surface area contributed by atoms with Crippen LogP contribution in [0.1, 0.15) is 54.4 Å². The van der Waals surface area contributed by atoms with Crippen molar-refractivity contribution in [3.05, 3.63) is 0 Å². The van der Waals surface area contributed by atoms with Crippen molar-refractivity contribution < 1.29 is 4.79 Å². The highest BCUT2D eigenvalue weighted by Gasteiger charge is 2.34. The fourth-order valence-corrected chi connectivity index (χ4v) is 1.73. The predicted molar refractivity (Wildman–Crippen MR) is 56.9 cm³/mol. The van der Waals surface area contributed by atoms with E-state index in [-0.39, 0.29) is 16.9 Å². The van der Waals surface area contributed by atoms with Crippen LogP contribution in [0.5, 0.6) is 0 Å². The summed E-state index contributed by atoms with van der Waals surface area (Å²) in [7, 11) is 0. The van der Waals surface area contributed by atoms with Crippen LogP contribution in [0.2, 0.25) is 0 Å². The first-order valence-electron chi connectivity index (χ1n) is 5.08. The van der Waals surface area contributed by atoms with E-state index in [2.05, 4.69) is 39.9 Å². The van der Waals surface area contributed by atoms with Crippen LogP contribution >= 0.6 is 0 Å². The van der Waals surface area contributed by atoms with Crippen LogP contribution in [0.3, 0.4) is 0 Å². The van der Waals surface area contributed by atoms with Crippen molar-refractivity contribution in [2.45, 2.75) is 65.5 Å². The molecule has 0 aromatic heterocycles. The van der Waals surface area contributed by atoms with E-state index in [0.29, 0.717) is 0 Å². The average Bonchev–Trinajstić information content (AvgIpc) is 1.98. The molecule has 0 saturated carbocycles. The Labute approximate surface area is 82.1 Å². The Morgan fingerprint density at radius 2 is 1.54 bits per heavy atom. The first-order chi connectivity index (χ1) is 5.77. The van der Waals surface area contributed by atoms with Gasteiger partial charge in [-0.2, -0.15) is 0 Å². The molecule has 0 aliphatic rings. The number of hydrogen-bond acceptors (Lipinski definition) is 2. The maximum absolute atomic E-state index is 11.5. The highest BCUT2D eigenvalue weighted by molar-refractivity contribution is 5.86. The van der Waals surface area contributed by atoms with Gasteiger partial charge in [-0.05, 0) is 40.5 Å². The van der Waals surface area contributed by atoms with Crippen LogP contribution < -0.4 is 5.32 Å². The maximum atomic E-state index is 11.5. The van der Waals surface area contributed by atoms with Crippen molar-refractivity contribution in [1.82, 2.24) is 5.32 Å². The Morgan fingerprint density at radius 1 is 1.15 bits per heavy atom. The van der Waals surface area contributed by atoms with E-state index < -0.39 is 0 Å². The Bertz CT molecular complexity index is 175. The number of Topliss-reactive ketones (excluding diaryl/α,β-unsaturated/α-hetero) is 1. The van der Waals surface area contributed by atoms with Gasteiger partial charge >= 0.3 is 0 Å². The zero-order chi connectivity index (χ0) is 10.7. The summed E-state index contributed by atoms with van der Waals surface area (Å²) in [5.74, 6) is 0.243. The molecule has 78 valence electrons. The lowest BCUT2D eigenvalue weighted by atomic mass is 9.86. The lowest BCUT2D eigenvalue weighted by molar-refractivity contribution is -0.124. The van der Waals surface area contributed by atoms with E-state index in [9.17, 15) is 4.79 Å². The summed E-state index contributed by atoms with van der Waals surface area (Å²) < 4.78 is 0. The highest BCUT2D eigenvalue weighted by atomic mass is 16.1. The molecule has 2 nitrogen and oxygen atoms in total. The van der Waals surface area contributed by atoms with Gasteiger partial charge in [-0.15, -0.1) is 0 Å². The fraction of sp³-hybridized carbons (Fsp3) is 0.909. The Morgan fingerprint density at radius 3 is 1.62 bits per heavy atom. The van der Waals surface area contributed by atoms with Gasteiger partial charge in [0.1, 0.15) is 5.78 Å². The number of carbonyl (C=O) groups excluding carboxylic acids is 1. The molecule has 0 rings (SSSR count). The van der Waals surface area contributed by atoms with Gasteiger partial charge in [0.25, 0.3) is 0 Å². The third kappa shape index (κ3) is 3.47. The summed E-state index contributed by atoms with van der Waals surface area (Å²) in [5.41, 5.74) is -0.323. The number of carbonyl (C=O) groups is 1. The lowest BCUT2D eigenvalue weighted by Gasteiger charge is -2.37. The second-order valence-electron chi connectivity index (χ2n) is 4.72. The molecule has 2 heteroatoms. The summed E-state index contributed by atoms with van der Waals surface area (Å²) in [6, 6.07) is 0. The van der Waals surface area contributed by atoms with Gasteiger partial charge < -0.3 is 5.32 Å². The van der Waals surface area contributed by atoms with Crippen molar-refractivity contribution in [3.63, 3.8) is 0 Å². The number of hydrogen-bond donors (Lipinski definition) is 1. The molecular formula is C11H23NO. The van der Waals surface area contributed by atoms with Gasteiger partial charge in [0.2, 0.25) is 0 Å². The summed E-state index contributed by atoms with van der Waals surface area (Å²) in [6.07, 6.45) is 1.71. The molecule has 0 fully saturated rings. The normalized spacial score (nSPS) is 13.1. The van der Waals surface area contributed by atoms with Crippen molar-refractivity contribution in [1.29, 1.82) is 0 Å². The second kappa shape index (κ2) is 4.23. The third-order valence-corrected chi connectivity index (χ3v) is 2.50. The first kappa shape index (κ1) is 12.6. The average molecular weight is 185 g/mol. The molecule has 0 atom stereocenters. The molecule has 0 spiro atoms. The van der Waals surface area contributed by atoms with E-state index in [0.717, 1.165) is 12.8 Å². The van der Waals surface area contributed by atoms with Crippen molar-refractivity contribution in [2.75, 3.05) is 0 Å². The fourth-order valence-electron chi connectivity index (χ4n) is 1.73.